The first-order valence-corrected chi connectivity index (χ1v) is 8.08. The maximum absolute atomic E-state index is 12.1. The first-order valence-electron chi connectivity index (χ1n) is 8.08. The third-order valence-corrected chi connectivity index (χ3v) is 3.77. The predicted molar refractivity (Wildman–Crippen MR) is 90.9 cm³/mol. The lowest BCUT2D eigenvalue weighted by Crippen LogP contribution is -2.27. The number of rotatable bonds is 8. The molecule has 0 unspecified atom stereocenters. The summed E-state index contributed by atoms with van der Waals surface area (Å²) in [4.78, 5) is 12.1. The van der Waals surface area contributed by atoms with Gasteiger partial charge in [-0.3, -0.25) is 4.79 Å². The molecule has 2 rings (SSSR count). The van der Waals surface area contributed by atoms with Crippen molar-refractivity contribution in [2.24, 2.45) is 0 Å². The molecule has 0 radical (unpaired) electrons. The van der Waals surface area contributed by atoms with Crippen LogP contribution in [0, 0.1) is 13.8 Å². The molecule has 1 aromatic heterocycles. The molecule has 1 amide bonds. The van der Waals surface area contributed by atoms with Crippen LogP contribution in [0.5, 0.6) is 0 Å². The predicted octanol–water partition coefficient (Wildman–Crippen LogP) is 2.57. The van der Waals surface area contributed by atoms with Gasteiger partial charge in [0.15, 0.2) is 0 Å². The second kappa shape index (κ2) is 8.48. The fraction of sp³-hybridized carbons (Fsp3) is 0.444. The second-order valence-corrected chi connectivity index (χ2v) is 5.47. The van der Waals surface area contributed by atoms with Crippen LogP contribution in [-0.4, -0.2) is 35.4 Å². The summed E-state index contributed by atoms with van der Waals surface area (Å²) >= 11 is 0. The zero-order valence-corrected chi connectivity index (χ0v) is 14.1. The first kappa shape index (κ1) is 17.2. The normalized spacial score (nSPS) is 10.7. The second-order valence-electron chi connectivity index (χ2n) is 5.47. The van der Waals surface area contributed by atoms with Crippen LogP contribution in [-0.2, 0) is 16.0 Å². The molecule has 0 fully saturated rings. The molecule has 0 atom stereocenters. The van der Waals surface area contributed by atoms with E-state index < -0.39 is 0 Å². The molecule has 0 saturated heterocycles. The topological polar surface area (TPSA) is 56.1 Å². The fourth-order valence-corrected chi connectivity index (χ4v) is 2.52. The van der Waals surface area contributed by atoms with E-state index in [2.05, 4.69) is 10.4 Å². The van der Waals surface area contributed by atoms with Crippen molar-refractivity contribution in [3.05, 3.63) is 47.3 Å². The smallest absolute Gasteiger partial charge is 0.224 e. The molecular weight excluding hydrogens is 290 g/mol. The summed E-state index contributed by atoms with van der Waals surface area (Å²) < 4.78 is 7.16. The lowest BCUT2D eigenvalue weighted by Gasteiger charge is -2.07. The lowest BCUT2D eigenvalue weighted by molar-refractivity contribution is -0.120. The highest BCUT2D eigenvalue weighted by atomic mass is 16.5. The average molecular weight is 315 g/mol. The molecule has 0 aliphatic rings. The Balaban J connectivity index is 1.98. The van der Waals surface area contributed by atoms with Gasteiger partial charge >= 0.3 is 0 Å². The monoisotopic (exact) mass is 315 g/mol. The maximum Gasteiger partial charge on any atom is 0.224 e. The van der Waals surface area contributed by atoms with Crippen molar-refractivity contribution >= 4 is 5.91 Å². The van der Waals surface area contributed by atoms with E-state index in [0.717, 1.165) is 29.1 Å². The van der Waals surface area contributed by atoms with Gasteiger partial charge < -0.3 is 10.1 Å². The number of carbonyl (C=O) groups excluding carboxylic acids is 1. The van der Waals surface area contributed by atoms with E-state index in [-0.39, 0.29) is 5.91 Å². The number of carbonyl (C=O) groups is 1. The van der Waals surface area contributed by atoms with Crippen molar-refractivity contribution in [2.75, 3.05) is 19.8 Å². The Morgan fingerprint density at radius 2 is 2.00 bits per heavy atom. The number of benzene rings is 1. The van der Waals surface area contributed by atoms with Gasteiger partial charge in [-0.15, -0.1) is 0 Å². The van der Waals surface area contributed by atoms with Crippen LogP contribution in [0.25, 0.3) is 5.69 Å². The van der Waals surface area contributed by atoms with Gasteiger partial charge in [0, 0.05) is 31.0 Å². The SMILES string of the molecule is CCOCCCNC(=O)Cc1c(C)nn(-c2ccccc2)c1C. The van der Waals surface area contributed by atoms with Crippen LogP contribution in [0.3, 0.4) is 0 Å². The molecule has 0 aliphatic heterocycles. The number of hydrogen-bond donors (Lipinski definition) is 1. The van der Waals surface area contributed by atoms with Crippen LogP contribution >= 0.6 is 0 Å². The molecule has 0 saturated carbocycles. The van der Waals surface area contributed by atoms with Crippen molar-refractivity contribution in [3.8, 4) is 5.69 Å². The van der Waals surface area contributed by atoms with Gasteiger partial charge in [0.05, 0.1) is 17.8 Å². The Labute approximate surface area is 137 Å². The molecule has 124 valence electrons. The number of ether oxygens (including phenoxy) is 1. The van der Waals surface area contributed by atoms with Crippen molar-refractivity contribution in [3.63, 3.8) is 0 Å². The molecule has 0 bridgehead atoms. The average Bonchev–Trinajstić information content (AvgIpc) is 2.83. The molecule has 0 spiro atoms. The zero-order valence-electron chi connectivity index (χ0n) is 14.1. The molecule has 2 aromatic rings. The fourth-order valence-electron chi connectivity index (χ4n) is 2.52. The molecule has 23 heavy (non-hydrogen) atoms. The Kier molecular flexibility index (Phi) is 6.35. The standard InChI is InChI=1S/C18H25N3O2/c1-4-23-12-8-11-19-18(22)13-17-14(2)20-21(15(17)3)16-9-6-5-7-10-16/h5-7,9-10H,4,8,11-13H2,1-3H3,(H,19,22). The molecule has 5 nitrogen and oxygen atoms in total. The van der Waals surface area contributed by atoms with E-state index in [1.54, 1.807) is 0 Å². The first-order chi connectivity index (χ1) is 11.1. The summed E-state index contributed by atoms with van der Waals surface area (Å²) in [6.07, 6.45) is 1.19. The van der Waals surface area contributed by atoms with Gasteiger partial charge in [-0.05, 0) is 39.3 Å². The van der Waals surface area contributed by atoms with Gasteiger partial charge in [0.2, 0.25) is 5.91 Å². The molecule has 1 aromatic carbocycles. The summed E-state index contributed by atoms with van der Waals surface area (Å²) in [5, 5.41) is 7.51. The quantitative estimate of drug-likeness (QED) is 0.762. The third-order valence-electron chi connectivity index (χ3n) is 3.77. The number of nitrogens with one attached hydrogen (secondary N) is 1. The van der Waals surface area contributed by atoms with E-state index in [0.29, 0.717) is 26.2 Å². The molecule has 1 heterocycles. The van der Waals surface area contributed by atoms with Gasteiger partial charge in [-0.25, -0.2) is 4.68 Å². The Hall–Kier alpha value is -2.14. The summed E-state index contributed by atoms with van der Waals surface area (Å²) in [5.41, 5.74) is 3.92. The molecule has 1 N–H and O–H groups in total. The van der Waals surface area contributed by atoms with Crippen LogP contribution < -0.4 is 5.32 Å². The largest absolute Gasteiger partial charge is 0.382 e. The summed E-state index contributed by atoms with van der Waals surface area (Å²) in [5.74, 6) is 0.0281. The van der Waals surface area contributed by atoms with Crippen LogP contribution in [0.15, 0.2) is 30.3 Å². The minimum Gasteiger partial charge on any atom is -0.382 e. The third kappa shape index (κ3) is 4.66. The van der Waals surface area contributed by atoms with E-state index in [4.69, 9.17) is 4.74 Å². The highest BCUT2D eigenvalue weighted by Gasteiger charge is 2.15. The number of aromatic nitrogens is 2. The van der Waals surface area contributed by atoms with Gasteiger partial charge in [-0.1, -0.05) is 18.2 Å². The summed E-state index contributed by atoms with van der Waals surface area (Å²) in [7, 11) is 0. The number of nitrogens with zero attached hydrogens (tertiary/aromatic N) is 2. The summed E-state index contributed by atoms with van der Waals surface area (Å²) in [6.45, 7) is 7.96. The number of hydrogen-bond acceptors (Lipinski definition) is 3. The maximum atomic E-state index is 12.1. The van der Waals surface area contributed by atoms with Crippen LogP contribution in [0.1, 0.15) is 30.3 Å². The van der Waals surface area contributed by atoms with Crippen molar-refractivity contribution in [1.29, 1.82) is 0 Å². The van der Waals surface area contributed by atoms with Crippen molar-refractivity contribution < 1.29 is 9.53 Å². The van der Waals surface area contributed by atoms with Gasteiger partial charge in [-0.2, -0.15) is 5.10 Å². The van der Waals surface area contributed by atoms with Crippen molar-refractivity contribution in [1.82, 2.24) is 15.1 Å². The summed E-state index contributed by atoms with van der Waals surface area (Å²) in [6, 6.07) is 9.97. The number of aryl methyl sites for hydroxylation is 1. The Morgan fingerprint density at radius 3 is 2.70 bits per heavy atom. The Morgan fingerprint density at radius 1 is 1.26 bits per heavy atom. The van der Waals surface area contributed by atoms with Gasteiger partial charge in [0.25, 0.3) is 0 Å². The lowest BCUT2D eigenvalue weighted by atomic mass is 10.1. The molecule has 0 aliphatic carbocycles. The number of amides is 1. The minimum absolute atomic E-state index is 0.0281. The zero-order chi connectivity index (χ0) is 16.7. The highest BCUT2D eigenvalue weighted by Crippen LogP contribution is 2.18. The van der Waals surface area contributed by atoms with E-state index in [9.17, 15) is 4.79 Å². The van der Waals surface area contributed by atoms with Gasteiger partial charge in [0.1, 0.15) is 0 Å². The van der Waals surface area contributed by atoms with E-state index in [1.807, 2.05) is 55.8 Å². The number of para-hydroxylation sites is 1. The van der Waals surface area contributed by atoms with Crippen molar-refractivity contribution in [2.45, 2.75) is 33.6 Å². The van der Waals surface area contributed by atoms with Crippen LogP contribution in [0.2, 0.25) is 0 Å². The Bertz CT molecular complexity index is 635. The molecular formula is C18H25N3O2. The highest BCUT2D eigenvalue weighted by molar-refractivity contribution is 5.79. The van der Waals surface area contributed by atoms with E-state index in [1.165, 1.54) is 0 Å². The molecule has 5 heteroatoms. The van der Waals surface area contributed by atoms with E-state index >= 15 is 0 Å². The minimum atomic E-state index is 0.0281. The van der Waals surface area contributed by atoms with Crippen LogP contribution in [0.4, 0.5) is 0 Å².